The number of fused-ring (bicyclic) bond motifs is 1. The van der Waals surface area contributed by atoms with Gasteiger partial charge in [0.25, 0.3) is 0 Å². The third-order valence-corrected chi connectivity index (χ3v) is 3.82. The summed E-state index contributed by atoms with van der Waals surface area (Å²) < 4.78 is 10.7. The number of phenols is 1. The third kappa shape index (κ3) is 2.22. The highest BCUT2D eigenvalue weighted by molar-refractivity contribution is 6.16. The molecule has 112 valence electrons. The van der Waals surface area contributed by atoms with Gasteiger partial charge in [0.15, 0.2) is 17.3 Å². The number of para-hydroxylation sites is 1. The van der Waals surface area contributed by atoms with Gasteiger partial charge in [-0.3, -0.25) is 4.79 Å². The van der Waals surface area contributed by atoms with Crippen molar-refractivity contribution in [3.05, 3.63) is 58.7 Å². The molecule has 0 radical (unpaired) electrons. The van der Waals surface area contributed by atoms with Crippen LogP contribution in [0.3, 0.4) is 0 Å². The molecule has 3 rings (SSSR count). The Hall–Kier alpha value is -2.75. The van der Waals surface area contributed by atoms with Crippen LogP contribution in [0.25, 0.3) is 6.08 Å². The van der Waals surface area contributed by atoms with Crippen molar-refractivity contribution in [2.45, 2.75) is 6.42 Å². The molecule has 1 aliphatic carbocycles. The zero-order chi connectivity index (χ0) is 15.7. The Labute approximate surface area is 128 Å². The summed E-state index contributed by atoms with van der Waals surface area (Å²) in [6.07, 6.45) is 2.21. The van der Waals surface area contributed by atoms with Crippen LogP contribution in [0.2, 0.25) is 0 Å². The topological polar surface area (TPSA) is 55.8 Å². The lowest BCUT2D eigenvalue weighted by Crippen LogP contribution is -1.97. The molecule has 2 aromatic rings. The minimum absolute atomic E-state index is 0.0595. The number of aromatic hydroxyl groups is 1. The van der Waals surface area contributed by atoms with Gasteiger partial charge in [-0.2, -0.15) is 0 Å². The quantitative estimate of drug-likeness (QED) is 0.884. The first kappa shape index (κ1) is 14.2. The summed E-state index contributed by atoms with van der Waals surface area (Å²) >= 11 is 0. The van der Waals surface area contributed by atoms with Crippen molar-refractivity contribution in [1.82, 2.24) is 0 Å². The van der Waals surface area contributed by atoms with E-state index in [1.54, 1.807) is 44.6 Å². The van der Waals surface area contributed by atoms with Gasteiger partial charge in [0.2, 0.25) is 0 Å². The van der Waals surface area contributed by atoms with Crippen LogP contribution in [0.15, 0.2) is 42.0 Å². The zero-order valence-corrected chi connectivity index (χ0v) is 12.4. The van der Waals surface area contributed by atoms with Crippen LogP contribution in [-0.4, -0.2) is 25.1 Å². The SMILES string of the molecule is COc1cccc(/C=C2\Cc3c(O)cccc3C2=O)c1OC. The molecule has 1 aliphatic rings. The number of Topliss-reactive ketones (excluding diaryl/α,β-unsaturated/α-hetero) is 1. The largest absolute Gasteiger partial charge is 0.508 e. The normalized spacial score (nSPS) is 15.0. The Morgan fingerprint density at radius 1 is 1.09 bits per heavy atom. The van der Waals surface area contributed by atoms with Crippen LogP contribution in [0.1, 0.15) is 21.5 Å². The van der Waals surface area contributed by atoms with Crippen molar-refractivity contribution in [2.75, 3.05) is 14.2 Å². The first-order chi connectivity index (χ1) is 10.7. The van der Waals surface area contributed by atoms with Gasteiger partial charge in [-0.05, 0) is 18.2 Å². The van der Waals surface area contributed by atoms with Crippen molar-refractivity contribution >= 4 is 11.9 Å². The van der Waals surface area contributed by atoms with E-state index in [2.05, 4.69) is 0 Å². The lowest BCUT2D eigenvalue weighted by atomic mass is 10.1. The Balaban J connectivity index is 2.06. The number of benzene rings is 2. The van der Waals surface area contributed by atoms with E-state index in [-0.39, 0.29) is 11.5 Å². The summed E-state index contributed by atoms with van der Waals surface area (Å²) in [5.41, 5.74) is 2.65. The number of methoxy groups -OCH3 is 2. The molecular formula is C18H16O4. The van der Waals surface area contributed by atoms with Gasteiger partial charge in [0.1, 0.15) is 5.75 Å². The van der Waals surface area contributed by atoms with Crippen LogP contribution >= 0.6 is 0 Å². The summed E-state index contributed by atoms with van der Waals surface area (Å²) in [6.45, 7) is 0. The summed E-state index contributed by atoms with van der Waals surface area (Å²) in [5, 5.41) is 9.89. The maximum Gasteiger partial charge on any atom is 0.189 e. The minimum atomic E-state index is -0.0595. The number of rotatable bonds is 3. The monoisotopic (exact) mass is 296 g/mol. The van der Waals surface area contributed by atoms with E-state index >= 15 is 0 Å². The number of ether oxygens (including phenoxy) is 2. The number of carbonyl (C=O) groups excluding carboxylic acids is 1. The highest BCUT2D eigenvalue weighted by Crippen LogP contribution is 2.36. The molecule has 0 fully saturated rings. The maximum atomic E-state index is 12.5. The molecule has 0 amide bonds. The van der Waals surface area contributed by atoms with Gasteiger partial charge in [0.05, 0.1) is 14.2 Å². The summed E-state index contributed by atoms with van der Waals surface area (Å²) in [7, 11) is 3.14. The van der Waals surface area contributed by atoms with Crippen molar-refractivity contribution in [3.63, 3.8) is 0 Å². The second-order valence-electron chi connectivity index (χ2n) is 5.06. The number of carbonyl (C=O) groups is 1. The van der Waals surface area contributed by atoms with E-state index in [9.17, 15) is 9.90 Å². The van der Waals surface area contributed by atoms with E-state index in [1.165, 1.54) is 0 Å². The van der Waals surface area contributed by atoms with E-state index in [0.29, 0.717) is 34.6 Å². The molecule has 0 saturated carbocycles. The molecular weight excluding hydrogens is 280 g/mol. The molecule has 4 heteroatoms. The second kappa shape index (κ2) is 5.56. The van der Waals surface area contributed by atoms with Gasteiger partial charge >= 0.3 is 0 Å². The molecule has 1 N–H and O–H groups in total. The van der Waals surface area contributed by atoms with Crippen molar-refractivity contribution < 1.29 is 19.4 Å². The first-order valence-corrected chi connectivity index (χ1v) is 6.92. The second-order valence-corrected chi connectivity index (χ2v) is 5.06. The molecule has 4 nitrogen and oxygen atoms in total. The molecule has 0 spiro atoms. The van der Waals surface area contributed by atoms with Crippen LogP contribution in [0.5, 0.6) is 17.2 Å². The van der Waals surface area contributed by atoms with Gasteiger partial charge in [-0.15, -0.1) is 0 Å². The smallest absolute Gasteiger partial charge is 0.189 e. The lowest BCUT2D eigenvalue weighted by Gasteiger charge is -2.10. The van der Waals surface area contributed by atoms with Crippen molar-refractivity contribution in [1.29, 1.82) is 0 Å². The number of ketones is 1. The van der Waals surface area contributed by atoms with Gasteiger partial charge < -0.3 is 14.6 Å². The van der Waals surface area contributed by atoms with Crippen LogP contribution in [-0.2, 0) is 6.42 Å². The predicted molar refractivity (Wildman–Crippen MR) is 83.7 cm³/mol. The molecule has 0 atom stereocenters. The molecule has 0 heterocycles. The average molecular weight is 296 g/mol. The Morgan fingerprint density at radius 3 is 2.55 bits per heavy atom. The van der Waals surface area contributed by atoms with Gasteiger partial charge in [0, 0.05) is 28.7 Å². The minimum Gasteiger partial charge on any atom is -0.508 e. The third-order valence-electron chi connectivity index (χ3n) is 3.82. The highest BCUT2D eigenvalue weighted by atomic mass is 16.5. The Kier molecular flexibility index (Phi) is 3.59. The Bertz CT molecular complexity index is 775. The summed E-state index contributed by atoms with van der Waals surface area (Å²) in [6, 6.07) is 10.5. The van der Waals surface area contributed by atoms with Gasteiger partial charge in [-0.25, -0.2) is 0 Å². The number of phenolic OH excluding ortho intramolecular Hbond substituents is 1. The van der Waals surface area contributed by atoms with E-state index < -0.39 is 0 Å². The molecule has 0 saturated heterocycles. The fraction of sp³-hybridized carbons (Fsp3) is 0.167. The number of hydrogen-bond donors (Lipinski definition) is 1. The fourth-order valence-electron chi connectivity index (χ4n) is 2.75. The zero-order valence-electron chi connectivity index (χ0n) is 12.4. The lowest BCUT2D eigenvalue weighted by molar-refractivity contribution is 0.104. The van der Waals surface area contributed by atoms with Gasteiger partial charge in [-0.1, -0.05) is 24.3 Å². The molecule has 2 aromatic carbocycles. The first-order valence-electron chi connectivity index (χ1n) is 6.92. The van der Waals surface area contributed by atoms with Crippen LogP contribution in [0.4, 0.5) is 0 Å². The average Bonchev–Trinajstić information content (AvgIpc) is 2.85. The van der Waals surface area contributed by atoms with Crippen LogP contribution < -0.4 is 9.47 Å². The number of allylic oxidation sites excluding steroid dienone is 1. The highest BCUT2D eigenvalue weighted by Gasteiger charge is 2.27. The fourth-order valence-corrected chi connectivity index (χ4v) is 2.75. The standard InChI is InChI=1S/C18H16O4/c1-21-16-8-3-5-11(18(16)22-2)9-12-10-14-13(17(12)20)6-4-7-15(14)19/h3-9,19H,10H2,1-2H3/b12-9+. The Morgan fingerprint density at radius 2 is 1.86 bits per heavy atom. The van der Waals surface area contributed by atoms with E-state index in [0.717, 1.165) is 5.56 Å². The van der Waals surface area contributed by atoms with Crippen molar-refractivity contribution in [2.24, 2.45) is 0 Å². The number of hydrogen-bond acceptors (Lipinski definition) is 4. The van der Waals surface area contributed by atoms with E-state index in [1.807, 2.05) is 12.1 Å². The summed E-state index contributed by atoms with van der Waals surface area (Å²) in [5.74, 6) is 1.30. The van der Waals surface area contributed by atoms with E-state index in [4.69, 9.17) is 9.47 Å². The molecule has 0 bridgehead atoms. The van der Waals surface area contributed by atoms with Crippen LogP contribution in [0, 0.1) is 0 Å². The molecule has 22 heavy (non-hydrogen) atoms. The maximum absolute atomic E-state index is 12.5. The summed E-state index contributed by atoms with van der Waals surface area (Å²) in [4.78, 5) is 12.5. The molecule has 0 unspecified atom stereocenters. The molecule has 0 aromatic heterocycles. The predicted octanol–water partition coefficient (Wildman–Crippen LogP) is 3.23. The van der Waals surface area contributed by atoms with Crippen molar-refractivity contribution in [3.8, 4) is 17.2 Å². The molecule has 0 aliphatic heterocycles.